The van der Waals surface area contributed by atoms with Gasteiger partial charge in [-0.25, -0.2) is 4.79 Å². The molecule has 0 saturated carbocycles. The molecule has 0 spiro atoms. The van der Waals surface area contributed by atoms with E-state index in [1.54, 1.807) is 20.8 Å². The van der Waals surface area contributed by atoms with Crippen LogP contribution in [0.1, 0.15) is 40.5 Å². The molecule has 2 unspecified atom stereocenters. The highest BCUT2D eigenvalue weighted by Gasteiger charge is 2.55. The fraction of sp³-hybridized carbons (Fsp3) is 0.923. The Hall–Kier alpha value is -0.980. The zero-order valence-electron chi connectivity index (χ0n) is 12.3. The van der Waals surface area contributed by atoms with Crippen LogP contribution in [0, 0.1) is 5.92 Å². The molecule has 0 radical (unpaired) electrons. The summed E-state index contributed by atoms with van der Waals surface area (Å²) in [5.74, 6) is -1.04. The number of hydrogen-bond acceptors (Lipinski definition) is 3. The van der Waals surface area contributed by atoms with Crippen molar-refractivity contribution in [2.45, 2.75) is 57.9 Å². The van der Waals surface area contributed by atoms with Crippen LogP contribution in [0.5, 0.6) is 0 Å². The summed E-state index contributed by atoms with van der Waals surface area (Å²) in [6.45, 7) is 6.03. The second-order valence-electron chi connectivity index (χ2n) is 6.41. The first kappa shape index (κ1) is 17.1. The average molecular weight is 297 g/mol. The largest absolute Gasteiger partial charge is 0.444 e. The van der Waals surface area contributed by atoms with E-state index < -0.39 is 29.4 Å². The molecule has 0 aliphatic carbocycles. The number of nitrogens with zero attached hydrogens (tertiary/aromatic N) is 1. The van der Waals surface area contributed by atoms with Crippen LogP contribution in [0.3, 0.4) is 0 Å². The van der Waals surface area contributed by atoms with Gasteiger partial charge in [-0.1, -0.05) is 0 Å². The van der Waals surface area contributed by atoms with E-state index in [9.17, 15) is 23.1 Å². The second-order valence-corrected chi connectivity index (χ2v) is 6.41. The van der Waals surface area contributed by atoms with Crippen LogP contribution in [-0.2, 0) is 4.74 Å². The van der Waals surface area contributed by atoms with Crippen molar-refractivity contribution in [1.29, 1.82) is 0 Å². The third-order valence-electron chi connectivity index (χ3n) is 3.44. The van der Waals surface area contributed by atoms with Crippen LogP contribution in [0.15, 0.2) is 0 Å². The summed E-state index contributed by atoms with van der Waals surface area (Å²) < 4.78 is 43.6. The zero-order valence-corrected chi connectivity index (χ0v) is 12.3. The minimum Gasteiger partial charge on any atom is -0.444 e. The Labute approximate surface area is 116 Å². The van der Waals surface area contributed by atoms with E-state index in [0.717, 1.165) is 6.92 Å². The van der Waals surface area contributed by atoms with E-state index in [2.05, 4.69) is 0 Å². The van der Waals surface area contributed by atoms with Crippen molar-refractivity contribution >= 4 is 6.09 Å². The number of carbonyl (C=O) groups excluding carboxylic acids is 1. The summed E-state index contributed by atoms with van der Waals surface area (Å²) >= 11 is 0. The van der Waals surface area contributed by atoms with Crippen LogP contribution in [0.2, 0.25) is 0 Å². The Kier molecular flexibility index (Phi) is 4.63. The summed E-state index contributed by atoms with van der Waals surface area (Å²) in [6, 6.07) is 0. The molecular weight excluding hydrogens is 275 g/mol. The van der Waals surface area contributed by atoms with Crippen LogP contribution in [-0.4, -0.2) is 46.6 Å². The van der Waals surface area contributed by atoms with Crippen molar-refractivity contribution in [2.75, 3.05) is 13.1 Å². The molecule has 2 atom stereocenters. The van der Waals surface area contributed by atoms with Crippen molar-refractivity contribution in [3.8, 4) is 0 Å². The Morgan fingerprint density at radius 2 is 1.80 bits per heavy atom. The maximum Gasteiger partial charge on any atom is 0.417 e. The number of likely N-dealkylation sites (tertiary alicyclic amines) is 1. The minimum absolute atomic E-state index is 0.151. The lowest BCUT2D eigenvalue weighted by molar-refractivity contribution is -0.275. The topological polar surface area (TPSA) is 49.8 Å². The number of hydrogen-bond donors (Lipinski definition) is 1. The van der Waals surface area contributed by atoms with Crippen LogP contribution in [0.25, 0.3) is 0 Å². The summed E-state index contributed by atoms with van der Waals surface area (Å²) in [5.41, 5.74) is -3.50. The molecular formula is C13H22F3NO3. The van der Waals surface area contributed by atoms with Gasteiger partial charge in [0.1, 0.15) is 5.60 Å². The van der Waals surface area contributed by atoms with E-state index in [4.69, 9.17) is 4.74 Å². The minimum atomic E-state index is -4.71. The maximum absolute atomic E-state index is 12.8. The Bertz CT molecular complexity index is 361. The van der Waals surface area contributed by atoms with Gasteiger partial charge in [0.25, 0.3) is 0 Å². The normalized spacial score (nSPS) is 24.2. The molecule has 0 aromatic rings. The molecule has 1 saturated heterocycles. The fourth-order valence-electron chi connectivity index (χ4n) is 2.16. The predicted octanol–water partition coefficient (Wildman–Crippen LogP) is 2.95. The lowest BCUT2D eigenvalue weighted by Gasteiger charge is -2.41. The lowest BCUT2D eigenvalue weighted by Crippen LogP contribution is -2.55. The molecule has 1 fully saturated rings. The molecule has 0 bridgehead atoms. The molecule has 1 aliphatic heterocycles. The summed E-state index contributed by atoms with van der Waals surface area (Å²) in [4.78, 5) is 13.1. The van der Waals surface area contributed by atoms with Crippen LogP contribution in [0.4, 0.5) is 18.0 Å². The smallest absolute Gasteiger partial charge is 0.417 e. The molecule has 1 N–H and O–H groups in total. The molecule has 1 rings (SSSR count). The van der Waals surface area contributed by atoms with Gasteiger partial charge in [-0.05, 0) is 40.5 Å². The SMILES string of the molecule is CC(C)(C)OC(=O)N1CCCC(C(C)(O)C(F)(F)F)C1. The second kappa shape index (κ2) is 5.42. The summed E-state index contributed by atoms with van der Waals surface area (Å²) in [7, 11) is 0. The standard InChI is InChI=1S/C13H22F3NO3/c1-11(2,3)20-10(18)17-7-5-6-9(8-17)12(4,19)13(14,15)16/h9,19H,5-8H2,1-4H3. The first-order valence-electron chi connectivity index (χ1n) is 6.61. The number of aliphatic hydroxyl groups is 1. The fourth-order valence-corrected chi connectivity index (χ4v) is 2.16. The van der Waals surface area contributed by atoms with Gasteiger partial charge >= 0.3 is 12.3 Å². The monoisotopic (exact) mass is 297 g/mol. The molecule has 1 aliphatic rings. The molecule has 4 nitrogen and oxygen atoms in total. The van der Waals surface area contributed by atoms with Gasteiger partial charge in [-0.3, -0.25) is 0 Å². The average Bonchev–Trinajstić information content (AvgIpc) is 2.25. The molecule has 20 heavy (non-hydrogen) atoms. The quantitative estimate of drug-likeness (QED) is 0.809. The number of amides is 1. The third-order valence-corrected chi connectivity index (χ3v) is 3.44. The highest BCUT2D eigenvalue weighted by molar-refractivity contribution is 5.68. The van der Waals surface area contributed by atoms with E-state index in [-0.39, 0.29) is 13.0 Å². The maximum atomic E-state index is 12.8. The van der Waals surface area contributed by atoms with E-state index in [1.807, 2.05) is 0 Å². The van der Waals surface area contributed by atoms with Crippen molar-refractivity contribution in [2.24, 2.45) is 5.92 Å². The van der Waals surface area contributed by atoms with E-state index in [1.165, 1.54) is 4.90 Å². The predicted molar refractivity (Wildman–Crippen MR) is 67.2 cm³/mol. The van der Waals surface area contributed by atoms with Gasteiger partial charge in [-0.15, -0.1) is 0 Å². The Morgan fingerprint density at radius 1 is 1.25 bits per heavy atom. The van der Waals surface area contributed by atoms with Gasteiger partial charge < -0.3 is 14.7 Å². The Morgan fingerprint density at radius 3 is 2.25 bits per heavy atom. The molecule has 1 amide bonds. The van der Waals surface area contributed by atoms with E-state index >= 15 is 0 Å². The van der Waals surface area contributed by atoms with Crippen molar-refractivity contribution in [3.63, 3.8) is 0 Å². The first-order chi connectivity index (χ1) is 8.84. The molecule has 7 heteroatoms. The van der Waals surface area contributed by atoms with Gasteiger partial charge in [0.05, 0.1) is 0 Å². The molecule has 0 aromatic heterocycles. The van der Waals surface area contributed by atoms with Gasteiger partial charge in [-0.2, -0.15) is 13.2 Å². The van der Waals surface area contributed by atoms with Crippen molar-refractivity contribution < 1.29 is 27.8 Å². The van der Waals surface area contributed by atoms with Gasteiger partial charge in [0.2, 0.25) is 0 Å². The highest BCUT2D eigenvalue weighted by atomic mass is 19.4. The molecule has 0 aromatic carbocycles. The van der Waals surface area contributed by atoms with Gasteiger partial charge in [0.15, 0.2) is 5.60 Å². The zero-order chi connectivity index (χ0) is 15.8. The van der Waals surface area contributed by atoms with Crippen molar-refractivity contribution in [1.82, 2.24) is 4.90 Å². The van der Waals surface area contributed by atoms with Gasteiger partial charge in [0, 0.05) is 19.0 Å². The first-order valence-corrected chi connectivity index (χ1v) is 6.61. The number of halogens is 3. The molecule has 118 valence electrons. The van der Waals surface area contributed by atoms with Crippen LogP contribution < -0.4 is 0 Å². The third kappa shape index (κ3) is 4.01. The summed E-state index contributed by atoms with van der Waals surface area (Å²) in [6.07, 6.45) is -4.71. The Balaban J connectivity index is 2.75. The summed E-state index contributed by atoms with van der Waals surface area (Å²) in [5, 5.41) is 9.70. The van der Waals surface area contributed by atoms with Crippen LogP contribution >= 0.6 is 0 Å². The lowest BCUT2D eigenvalue weighted by atomic mass is 9.82. The molecule has 1 heterocycles. The number of rotatable bonds is 1. The highest BCUT2D eigenvalue weighted by Crippen LogP contribution is 2.39. The van der Waals surface area contributed by atoms with E-state index in [0.29, 0.717) is 13.0 Å². The number of carbonyl (C=O) groups is 1. The number of alkyl halides is 3. The number of ether oxygens (including phenoxy) is 1. The van der Waals surface area contributed by atoms with Crippen molar-refractivity contribution in [3.05, 3.63) is 0 Å². The number of piperidine rings is 1.